The van der Waals surface area contributed by atoms with E-state index >= 15 is 0 Å². The van der Waals surface area contributed by atoms with Crippen molar-refractivity contribution in [3.05, 3.63) is 0 Å². The van der Waals surface area contributed by atoms with E-state index in [-0.39, 0.29) is 0 Å². The molecule has 2 N–H and O–H groups in total. The summed E-state index contributed by atoms with van der Waals surface area (Å²) in [5, 5.41) is 20.0. The van der Waals surface area contributed by atoms with Crippen LogP contribution in [-0.2, 0) is 4.79 Å². The van der Waals surface area contributed by atoms with Gasteiger partial charge in [-0.25, -0.2) is 0 Å². The summed E-state index contributed by atoms with van der Waals surface area (Å²) in [6.45, 7) is 4.91. The minimum atomic E-state index is -1.03. The predicted molar refractivity (Wildman–Crippen MR) is 44.5 cm³/mol. The molecule has 0 rings (SSSR count). The Morgan fingerprint density at radius 1 is 1.75 bits per heavy atom. The third kappa shape index (κ3) is 2.89. The molecule has 0 aromatic carbocycles. The smallest absolute Gasteiger partial charge is 0.323 e. The highest BCUT2D eigenvalue weighted by Gasteiger charge is 2.28. The molecule has 0 aliphatic carbocycles. The van der Waals surface area contributed by atoms with Gasteiger partial charge in [-0.15, -0.1) is 0 Å². The lowest BCUT2D eigenvalue weighted by molar-refractivity contribution is -0.143. The summed E-state index contributed by atoms with van der Waals surface area (Å²) in [6.07, 6.45) is 0.604. The quantitative estimate of drug-likeness (QED) is 0.652. The molecule has 0 aromatic rings. The van der Waals surface area contributed by atoms with Crippen molar-refractivity contribution < 1.29 is 9.90 Å². The second-order valence-corrected chi connectivity index (χ2v) is 3.16. The molecule has 0 saturated carbocycles. The fraction of sp³-hybridized carbons (Fsp3) is 0.750. The Morgan fingerprint density at radius 3 is 2.50 bits per heavy atom. The second kappa shape index (κ2) is 4.07. The first-order chi connectivity index (χ1) is 5.44. The number of carboxylic acids is 1. The molecule has 0 bridgehead atoms. The van der Waals surface area contributed by atoms with Crippen LogP contribution >= 0.6 is 0 Å². The standard InChI is InChI=1S/C8H14N2O2/c1-4-6(5-9)10-8(2,3)7(11)12/h6,10H,4H2,1-3H3,(H,11,12). The highest BCUT2D eigenvalue weighted by molar-refractivity contribution is 5.77. The first-order valence-corrected chi connectivity index (χ1v) is 3.84. The van der Waals surface area contributed by atoms with Crippen molar-refractivity contribution in [3.8, 4) is 6.07 Å². The normalized spacial score (nSPS) is 13.5. The predicted octanol–water partition coefficient (Wildman–Crippen LogP) is 0.741. The van der Waals surface area contributed by atoms with Crippen molar-refractivity contribution in [2.75, 3.05) is 0 Å². The zero-order chi connectivity index (χ0) is 9.78. The fourth-order valence-electron chi connectivity index (χ4n) is 0.723. The molecule has 0 fully saturated rings. The summed E-state index contributed by atoms with van der Waals surface area (Å²) in [4.78, 5) is 10.6. The first kappa shape index (κ1) is 10.9. The van der Waals surface area contributed by atoms with Crippen LogP contribution in [-0.4, -0.2) is 22.7 Å². The summed E-state index contributed by atoms with van der Waals surface area (Å²) in [5.41, 5.74) is -1.03. The van der Waals surface area contributed by atoms with Crippen LogP contribution < -0.4 is 5.32 Å². The molecule has 0 heterocycles. The lowest BCUT2D eigenvalue weighted by Crippen LogP contribution is -2.50. The monoisotopic (exact) mass is 170 g/mol. The van der Waals surface area contributed by atoms with Crippen LogP contribution in [0.15, 0.2) is 0 Å². The summed E-state index contributed by atoms with van der Waals surface area (Å²) < 4.78 is 0. The number of aliphatic carboxylic acids is 1. The molecule has 1 atom stereocenters. The maximum absolute atomic E-state index is 10.6. The van der Waals surface area contributed by atoms with E-state index in [0.29, 0.717) is 6.42 Å². The van der Waals surface area contributed by atoms with Crippen molar-refractivity contribution in [1.29, 1.82) is 5.26 Å². The highest BCUT2D eigenvalue weighted by Crippen LogP contribution is 2.04. The van der Waals surface area contributed by atoms with Gasteiger partial charge in [-0.2, -0.15) is 5.26 Å². The van der Waals surface area contributed by atoms with Crippen LogP contribution in [0.3, 0.4) is 0 Å². The first-order valence-electron chi connectivity index (χ1n) is 3.84. The average molecular weight is 170 g/mol. The Morgan fingerprint density at radius 2 is 2.25 bits per heavy atom. The average Bonchev–Trinajstić information content (AvgIpc) is 2.00. The molecule has 4 heteroatoms. The van der Waals surface area contributed by atoms with Gasteiger partial charge in [0.1, 0.15) is 5.54 Å². The minimum absolute atomic E-state index is 0.393. The Balaban J connectivity index is 4.24. The Kier molecular flexibility index (Phi) is 3.71. The van der Waals surface area contributed by atoms with Crippen molar-refractivity contribution in [1.82, 2.24) is 5.32 Å². The number of hydrogen-bond acceptors (Lipinski definition) is 3. The second-order valence-electron chi connectivity index (χ2n) is 3.16. The maximum atomic E-state index is 10.6. The van der Waals surface area contributed by atoms with Gasteiger partial charge in [-0.1, -0.05) is 6.92 Å². The van der Waals surface area contributed by atoms with E-state index in [2.05, 4.69) is 5.32 Å². The molecule has 12 heavy (non-hydrogen) atoms. The van der Waals surface area contributed by atoms with E-state index in [9.17, 15) is 4.79 Å². The third-order valence-corrected chi connectivity index (χ3v) is 1.63. The molecule has 0 aliphatic heterocycles. The van der Waals surface area contributed by atoms with Gasteiger partial charge in [0.25, 0.3) is 0 Å². The highest BCUT2D eigenvalue weighted by atomic mass is 16.4. The van der Waals surface area contributed by atoms with E-state index < -0.39 is 17.6 Å². The fourth-order valence-corrected chi connectivity index (χ4v) is 0.723. The number of nitrogens with one attached hydrogen (secondary N) is 1. The summed E-state index contributed by atoms with van der Waals surface area (Å²) in [6, 6.07) is 1.60. The van der Waals surface area contributed by atoms with E-state index in [1.807, 2.05) is 13.0 Å². The van der Waals surface area contributed by atoms with Gasteiger partial charge < -0.3 is 5.11 Å². The molecular weight excluding hydrogens is 156 g/mol. The topological polar surface area (TPSA) is 73.1 Å². The van der Waals surface area contributed by atoms with Crippen LogP contribution in [0.25, 0.3) is 0 Å². The van der Waals surface area contributed by atoms with Gasteiger partial charge in [-0.05, 0) is 20.3 Å². The van der Waals surface area contributed by atoms with Crippen LogP contribution in [0.2, 0.25) is 0 Å². The zero-order valence-electron chi connectivity index (χ0n) is 7.59. The van der Waals surface area contributed by atoms with Gasteiger partial charge in [0, 0.05) is 0 Å². The largest absolute Gasteiger partial charge is 0.480 e. The molecular formula is C8H14N2O2. The van der Waals surface area contributed by atoms with Crippen LogP contribution in [0.4, 0.5) is 0 Å². The number of nitriles is 1. The maximum Gasteiger partial charge on any atom is 0.323 e. The summed E-state index contributed by atoms with van der Waals surface area (Å²) in [7, 11) is 0. The molecule has 0 spiro atoms. The van der Waals surface area contributed by atoms with Crippen LogP contribution in [0, 0.1) is 11.3 Å². The molecule has 68 valence electrons. The Hall–Kier alpha value is -1.08. The van der Waals surface area contributed by atoms with Crippen molar-refractivity contribution in [2.45, 2.75) is 38.8 Å². The van der Waals surface area contributed by atoms with E-state index in [1.165, 1.54) is 13.8 Å². The third-order valence-electron chi connectivity index (χ3n) is 1.63. The number of nitrogens with zero attached hydrogens (tertiary/aromatic N) is 1. The van der Waals surface area contributed by atoms with Gasteiger partial charge in [0.15, 0.2) is 0 Å². The molecule has 0 amide bonds. The van der Waals surface area contributed by atoms with Crippen molar-refractivity contribution in [2.24, 2.45) is 0 Å². The molecule has 4 nitrogen and oxygen atoms in total. The number of carboxylic acid groups (broad SMARTS) is 1. The molecule has 0 saturated heterocycles. The van der Waals surface area contributed by atoms with Crippen molar-refractivity contribution >= 4 is 5.97 Å². The SMILES string of the molecule is CCC(C#N)NC(C)(C)C(=O)O. The Labute approximate surface area is 72.2 Å². The van der Waals surface area contributed by atoms with Gasteiger partial charge >= 0.3 is 5.97 Å². The zero-order valence-corrected chi connectivity index (χ0v) is 7.59. The van der Waals surface area contributed by atoms with Gasteiger partial charge in [0.2, 0.25) is 0 Å². The summed E-state index contributed by atoms with van der Waals surface area (Å²) >= 11 is 0. The van der Waals surface area contributed by atoms with E-state index in [0.717, 1.165) is 0 Å². The number of hydrogen-bond donors (Lipinski definition) is 2. The van der Waals surface area contributed by atoms with Gasteiger partial charge in [0.05, 0.1) is 12.1 Å². The van der Waals surface area contributed by atoms with E-state index in [1.54, 1.807) is 0 Å². The van der Waals surface area contributed by atoms with Crippen LogP contribution in [0.1, 0.15) is 27.2 Å². The van der Waals surface area contributed by atoms with Gasteiger partial charge in [-0.3, -0.25) is 10.1 Å². The Bertz CT molecular complexity index is 206. The summed E-state index contributed by atoms with van der Waals surface area (Å²) in [5.74, 6) is -0.948. The lowest BCUT2D eigenvalue weighted by Gasteiger charge is -2.23. The molecule has 0 aromatic heterocycles. The molecule has 0 aliphatic rings. The minimum Gasteiger partial charge on any atom is -0.480 e. The molecule has 0 radical (unpaired) electrons. The number of carbonyl (C=O) groups is 1. The van der Waals surface area contributed by atoms with Crippen molar-refractivity contribution in [3.63, 3.8) is 0 Å². The lowest BCUT2D eigenvalue weighted by atomic mass is 10.0. The number of rotatable bonds is 4. The van der Waals surface area contributed by atoms with E-state index in [4.69, 9.17) is 10.4 Å². The molecule has 1 unspecified atom stereocenters. The van der Waals surface area contributed by atoms with Crippen LogP contribution in [0.5, 0.6) is 0 Å².